The first-order valence-corrected chi connectivity index (χ1v) is 6.37. The van der Waals surface area contributed by atoms with Crippen LogP contribution < -0.4 is 0 Å². The lowest BCUT2D eigenvalue weighted by Gasteiger charge is -2.08. The zero-order valence-electron chi connectivity index (χ0n) is 10.4. The molecular formula is C16H12ClNO. The zero-order valence-corrected chi connectivity index (χ0v) is 11.1. The average molecular weight is 270 g/mol. The Balaban J connectivity index is 2.27. The number of aromatic nitrogens is 1. The van der Waals surface area contributed by atoms with Crippen LogP contribution in [0.5, 0.6) is 5.75 Å². The summed E-state index contributed by atoms with van der Waals surface area (Å²) in [4.78, 5) is 4.33. The Morgan fingerprint density at radius 3 is 2.68 bits per heavy atom. The molecular weight excluding hydrogens is 258 g/mol. The number of nitrogens with zero attached hydrogens (tertiary/aromatic N) is 1. The Labute approximate surface area is 116 Å². The Bertz CT molecular complexity index is 768. The lowest BCUT2D eigenvalue weighted by atomic mass is 9.99. The first kappa shape index (κ1) is 12.0. The molecule has 0 amide bonds. The molecule has 0 saturated carbocycles. The zero-order chi connectivity index (χ0) is 13.4. The largest absolute Gasteiger partial charge is 0.508 e. The van der Waals surface area contributed by atoms with E-state index in [-0.39, 0.29) is 0 Å². The molecule has 3 heteroatoms. The monoisotopic (exact) mass is 269 g/mol. The highest BCUT2D eigenvalue weighted by Crippen LogP contribution is 2.31. The van der Waals surface area contributed by atoms with E-state index in [1.165, 1.54) is 0 Å². The minimum absolute atomic E-state index is 0.310. The van der Waals surface area contributed by atoms with E-state index in [9.17, 15) is 5.11 Å². The molecule has 0 aliphatic carbocycles. The highest BCUT2D eigenvalue weighted by atomic mass is 35.5. The standard InChI is InChI=1S/C16H12ClNO/c1-10-8-11(2-5-16(10)19)13-6-7-18-15-9-12(17)3-4-14(13)15/h2-9,19H,1H3. The van der Waals surface area contributed by atoms with Gasteiger partial charge in [-0.05, 0) is 53.9 Å². The van der Waals surface area contributed by atoms with Crippen LogP contribution >= 0.6 is 11.6 Å². The summed E-state index contributed by atoms with van der Waals surface area (Å²) in [5.41, 5.74) is 3.88. The summed E-state index contributed by atoms with van der Waals surface area (Å²) in [6.45, 7) is 1.89. The van der Waals surface area contributed by atoms with Crippen molar-refractivity contribution in [3.05, 3.63) is 59.2 Å². The van der Waals surface area contributed by atoms with Crippen molar-refractivity contribution in [1.29, 1.82) is 0 Å². The molecule has 2 nitrogen and oxygen atoms in total. The van der Waals surface area contributed by atoms with Crippen molar-refractivity contribution in [2.45, 2.75) is 6.92 Å². The van der Waals surface area contributed by atoms with Crippen LogP contribution in [-0.2, 0) is 0 Å². The van der Waals surface area contributed by atoms with E-state index in [0.717, 1.165) is 27.6 Å². The Hall–Kier alpha value is -2.06. The van der Waals surface area contributed by atoms with E-state index < -0.39 is 0 Å². The smallest absolute Gasteiger partial charge is 0.118 e. The predicted molar refractivity (Wildman–Crippen MR) is 78.6 cm³/mol. The SMILES string of the molecule is Cc1cc(-c2ccnc3cc(Cl)ccc23)ccc1O. The number of hydrogen-bond acceptors (Lipinski definition) is 2. The summed E-state index contributed by atoms with van der Waals surface area (Å²) in [7, 11) is 0. The number of benzene rings is 2. The molecule has 0 spiro atoms. The molecule has 19 heavy (non-hydrogen) atoms. The van der Waals surface area contributed by atoms with Crippen molar-refractivity contribution in [1.82, 2.24) is 4.98 Å². The van der Waals surface area contributed by atoms with E-state index in [1.807, 2.05) is 43.3 Å². The van der Waals surface area contributed by atoms with Gasteiger partial charge in [0.25, 0.3) is 0 Å². The van der Waals surface area contributed by atoms with Gasteiger partial charge in [0.05, 0.1) is 5.52 Å². The summed E-state index contributed by atoms with van der Waals surface area (Å²) in [5, 5.41) is 11.3. The minimum Gasteiger partial charge on any atom is -0.508 e. The number of pyridine rings is 1. The maximum atomic E-state index is 9.61. The van der Waals surface area contributed by atoms with E-state index in [1.54, 1.807) is 12.3 Å². The van der Waals surface area contributed by atoms with Crippen LogP contribution in [0.4, 0.5) is 0 Å². The predicted octanol–water partition coefficient (Wildman–Crippen LogP) is 4.57. The van der Waals surface area contributed by atoms with Gasteiger partial charge in [0.1, 0.15) is 5.75 Å². The van der Waals surface area contributed by atoms with E-state index in [0.29, 0.717) is 10.8 Å². The van der Waals surface area contributed by atoms with Crippen molar-refractivity contribution in [2.24, 2.45) is 0 Å². The van der Waals surface area contributed by atoms with Crippen molar-refractivity contribution >= 4 is 22.5 Å². The molecule has 0 aliphatic heterocycles. The molecule has 0 fully saturated rings. The first-order chi connectivity index (χ1) is 9.15. The van der Waals surface area contributed by atoms with Gasteiger partial charge in [-0.15, -0.1) is 0 Å². The van der Waals surface area contributed by atoms with Crippen LogP contribution in [-0.4, -0.2) is 10.1 Å². The normalized spacial score (nSPS) is 10.8. The van der Waals surface area contributed by atoms with Crippen molar-refractivity contribution in [3.8, 4) is 16.9 Å². The van der Waals surface area contributed by atoms with Gasteiger partial charge in [0.15, 0.2) is 0 Å². The van der Waals surface area contributed by atoms with Crippen molar-refractivity contribution in [2.75, 3.05) is 0 Å². The van der Waals surface area contributed by atoms with Crippen LogP contribution in [0.2, 0.25) is 5.02 Å². The van der Waals surface area contributed by atoms with Crippen LogP contribution in [0.15, 0.2) is 48.7 Å². The minimum atomic E-state index is 0.310. The summed E-state index contributed by atoms with van der Waals surface area (Å²) in [6, 6.07) is 13.3. The molecule has 0 atom stereocenters. The molecule has 1 N–H and O–H groups in total. The van der Waals surface area contributed by atoms with Gasteiger partial charge in [-0.25, -0.2) is 0 Å². The fraction of sp³-hybridized carbons (Fsp3) is 0.0625. The fourth-order valence-corrected chi connectivity index (χ4v) is 2.36. The van der Waals surface area contributed by atoms with Gasteiger partial charge in [-0.1, -0.05) is 23.7 Å². The van der Waals surface area contributed by atoms with E-state index >= 15 is 0 Å². The lowest BCUT2D eigenvalue weighted by molar-refractivity contribution is 0.471. The van der Waals surface area contributed by atoms with Crippen molar-refractivity contribution in [3.63, 3.8) is 0 Å². The van der Waals surface area contributed by atoms with E-state index in [2.05, 4.69) is 4.98 Å². The second kappa shape index (κ2) is 4.56. The summed E-state index contributed by atoms with van der Waals surface area (Å²) >= 11 is 5.99. The maximum absolute atomic E-state index is 9.61. The number of fused-ring (bicyclic) bond motifs is 1. The molecule has 0 aliphatic rings. The summed E-state index contributed by atoms with van der Waals surface area (Å²) in [5.74, 6) is 0.310. The van der Waals surface area contributed by atoms with Gasteiger partial charge in [0, 0.05) is 16.6 Å². The van der Waals surface area contributed by atoms with Gasteiger partial charge in [-0.3, -0.25) is 4.98 Å². The van der Waals surface area contributed by atoms with Gasteiger partial charge >= 0.3 is 0 Å². The van der Waals surface area contributed by atoms with Crippen LogP contribution in [0.1, 0.15) is 5.56 Å². The molecule has 1 aromatic heterocycles. The van der Waals surface area contributed by atoms with Crippen molar-refractivity contribution < 1.29 is 5.11 Å². The summed E-state index contributed by atoms with van der Waals surface area (Å²) < 4.78 is 0. The number of aryl methyl sites for hydroxylation is 1. The Kier molecular flexibility index (Phi) is 2.88. The molecule has 0 saturated heterocycles. The third-order valence-electron chi connectivity index (χ3n) is 3.21. The van der Waals surface area contributed by atoms with Gasteiger partial charge < -0.3 is 5.11 Å². The Morgan fingerprint density at radius 2 is 1.89 bits per heavy atom. The highest BCUT2D eigenvalue weighted by molar-refractivity contribution is 6.31. The first-order valence-electron chi connectivity index (χ1n) is 5.99. The quantitative estimate of drug-likeness (QED) is 0.702. The Morgan fingerprint density at radius 1 is 1.05 bits per heavy atom. The van der Waals surface area contributed by atoms with Crippen LogP contribution in [0.3, 0.4) is 0 Å². The number of rotatable bonds is 1. The van der Waals surface area contributed by atoms with E-state index in [4.69, 9.17) is 11.6 Å². The molecule has 1 heterocycles. The van der Waals surface area contributed by atoms with Gasteiger partial charge in [-0.2, -0.15) is 0 Å². The molecule has 3 rings (SSSR count). The molecule has 2 aromatic carbocycles. The van der Waals surface area contributed by atoms with Crippen LogP contribution in [0.25, 0.3) is 22.0 Å². The van der Waals surface area contributed by atoms with Gasteiger partial charge in [0.2, 0.25) is 0 Å². The number of phenolic OH excluding ortho intramolecular Hbond substituents is 1. The second-order valence-corrected chi connectivity index (χ2v) is 4.96. The third kappa shape index (κ3) is 2.15. The maximum Gasteiger partial charge on any atom is 0.118 e. The lowest BCUT2D eigenvalue weighted by Crippen LogP contribution is -1.85. The fourth-order valence-electron chi connectivity index (χ4n) is 2.20. The van der Waals surface area contributed by atoms with Crippen LogP contribution in [0, 0.1) is 6.92 Å². The number of halogens is 1. The number of hydrogen-bond donors (Lipinski definition) is 1. The molecule has 3 aromatic rings. The number of aromatic hydroxyl groups is 1. The molecule has 94 valence electrons. The summed E-state index contributed by atoms with van der Waals surface area (Å²) in [6.07, 6.45) is 1.77. The molecule has 0 radical (unpaired) electrons. The molecule has 0 bridgehead atoms. The topological polar surface area (TPSA) is 33.1 Å². The average Bonchev–Trinajstić information content (AvgIpc) is 2.41. The highest BCUT2D eigenvalue weighted by Gasteiger charge is 2.06. The number of phenols is 1. The molecule has 0 unspecified atom stereocenters. The second-order valence-electron chi connectivity index (χ2n) is 4.52. The third-order valence-corrected chi connectivity index (χ3v) is 3.45.